The molecular weight excluding hydrogens is 388 g/mol. The van der Waals surface area contributed by atoms with Gasteiger partial charge in [-0.15, -0.1) is 0 Å². The molecule has 0 aliphatic carbocycles. The van der Waals surface area contributed by atoms with E-state index in [1.54, 1.807) is 12.1 Å². The number of benzene rings is 2. The van der Waals surface area contributed by atoms with Crippen LogP contribution in [0, 0.1) is 11.6 Å². The minimum Gasteiger partial charge on any atom is -0.493 e. The highest BCUT2D eigenvalue weighted by Crippen LogP contribution is 2.40. The Morgan fingerprint density at radius 2 is 1.93 bits per heavy atom. The van der Waals surface area contributed by atoms with Crippen molar-refractivity contribution in [2.45, 2.75) is 0 Å². The SMILES string of the molecule is COc1cc(/C=C/C(=O)OCC(=O)Nc2ccc(F)c(F)c2)cc2c1OCCO2. The summed E-state index contributed by atoms with van der Waals surface area (Å²) in [5.41, 5.74) is 0.651. The van der Waals surface area contributed by atoms with E-state index in [1.165, 1.54) is 19.3 Å². The molecule has 0 fully saturated rings. The molecule has 0 bridgehead atoms. The summed E-state index contributed by atoms with van der Waals surface area (Å²) < 4.78 is 47.1. The molecule has 2 aromatic rings. The highest BCUT2D eigenvalue weighted by Gasteiger charge is 2.18. The zero-order chi connectivity index (χ0) is 20.8. The number of amides is 1. The van der Waals surface area contributed by atoms with E-state index in [9.17, 15) is 18.4 Å². The summed E-state index contributed by atoms with van der Waals surface area (Å²) in [6.07, 6.45) is 2.60. The van der Waals surface area contributed by atoms with Crippen molar-refractivity contribution in [3.05, 3.63) is 53.6 Å². The van der Waals surface area contributed by atoms with Crippen LogP contribution in [0.5, 0.6) is 17.2 Å². The fourth-order valence-corrected chi connectivity index (χ4v) is 2.51. The first-order valence-corrected chi connectivity index (χ1v) is 8.53. The third-order valence-electron chi connectivity index (χ3n) is 3.81. The quantitative estimate of drug-likeness (QED) is 0.588. The Bertz CT molecular complexity index is 943. The van der Waals surface area contributed by atoms with Crippen LogP contribution >= 0.6 is 0 Å². The maximum Gasteiger partial charge on any atom is 0.331 e. The molecular formula is C20H17F2NO6. The molecule has 0 atom stereocenters. The lowest BCUT2D eigenvalue weighted by molar-refractivity contribution is -0.142. The third kappa shape index (κ3) is 5.22. The van der Waals surface area contributed by atoms with Crippen molar-refractivity contribution in [3.8, 4) is 17.2 Å². The summed E-state index contributed by atoms with van der Waals surface area (Å²) in [6, 6.07) is 6.22. The molecule has 7 nitrogen and oxygen atoms in total. The van der Waals surface area contributed by atoms with Gasteiger partial charge in [-0.2, -0.15) is 0 Å². The first-order chi connectivity index (χ1) is 14.0. The van der Waals surface area contributed by atoms with Crippen molar-refractivity contribution in [2.24, 2.45) is 0 Å². The number of hydrogen-bond acceptors (Lipinski definition) is 6. The summed E-state index contributed by atoms with van der Waals surface area (Å²) >= 11 is 0. The molecule has 152 valence electrons. The van der Waals surface area contributed by atoms with Gasteiger partial charge in [0.05, 0.1) is 7.11 Å². The van der Waals surface area contributed by atoms with Gasteiger partial charge < -0.3 is 24.3 Å². The number of esters is 1. The summed E-state index contributed by atoms with van der Waals surface area (Å²) in [6.45, 7) is 0.225. The van der Waals surface area contributed by atoms with E-state index in [0.717, 1.165) is 18.2 Å². The van der Waals surface area contributed by atoms with Crippen molar-refractivity contribution in [1.29, 1.82) is 0 Å². The summed E-state index contributed by atoms with van der Waals surface area (Å²) in [5.74, 6) is -2.14. The summed E-state index contributed by atoms with van der Waals surface area (Å²) in [7, 11) is 1.49. The number of anilines is 1. The number of halogens is 2. The Morgan fingerprint density at radius 3 is 2.69 bits per heavy atom. The molecule has 1 amide bonds. The van der Waals surface area contributed by atoms with Crippen LogP contribution in [0.2, 0.25) is 0 Å². The topological polar surface area (TPSA) is 83.1 Å². The van der Waals surface area contributed by atoms with Crippen LogP contribution in [0.1, 0.15) is 5.56 Å². The second-order valence-corrected chi connectivity index (χ2v) is 5.87. The number of carbonyl (C=O) groups is 2. The molecule has 0 radical (unpaired) electrons. The van der Waals surface area contributed by atoms with Gasteiger partial charge in [0.2, 0.25) is 5.75 Å². The average molecular weight is 405 g/mol. The van der Waals surface area contributed by atoms with Crippen molar-refractivity contribution < 1.29 is 37.3 Å². The average Bonchev–Trinajstić information content (AvgIpc) is 2.72. The smallest absolute Gasteiger partial charge is 0.331 e. The number of ether oxygens (including phenoxy) is 4. The van der Waals surface area contributed by atoms with Crippen LogP contribution in [0.3, 0.4) is 0 Å². The predicted octanol–water partition coefficient (Wildman–Crippen LogP) is 2.94. The monoisotopic (exact) mass is 405 g/mol. The third-order valence-corrected chi connectivity index (χ3v) is 3.81. The molecule has 0 unspecified atom stereocenters. The van der Waals surface area contributed by atoms with Gasteiger partial charge in [0.25, 0.3) is 5.91 Å². The molecule has 0 saturated heterocycles. The van der Waals surface area contributed by atoms with Gasteiger partial charge in [-0.1, -0.05) is 0 Å². The lowest BCUT2D eigenvalue weighted by Gasteiger charge is -2.20. The molecule has 1 N–H and O–H groups in total. The van der Waals surface area contributed by atoms with E-state index in [2.05, 4.69) is 5.32 Å². The molecule has 9 heteroatoms. The molecule has 3 rings (SSSR count). The molecule has 0 saturated carbocycles. The van der Waals surface area contributed by atoms with Crippen LogP contribution in [0.15, 0.2) is 36.4 Å². The zero-order valence-corrected chi connectivity index (χ0v) is 15.4. The minimum absolute atomic E-state index is 0.0452. The maximum absolute atomic E-state index is 13.1. The Kier molecular flexibility index (Phi) is 6.28. The Balaban J connectivity index is 1.55. The van der Waals surface area contributed by atoms with Gasteiger partial charge >= 0.3 is 5.97 Å². The normalized spacial score (nSPS) is 12.5. The number of hydrogen-bond donors (Lipinski definition) is 1. The first-order valence-electron chi connectivity index (χ1n) is 8.53. The highest BCUT2D eigenvalue weighted by molar-refractivity contribution is 5.94. The number of rotatable bonds is 6. The second-order valence-electron chi connectivity index (χ2n) is 5.87. The molecule has 29 heavy (non-hydrogen) atoms. The van der Waals surface area contributed by atoms with Gasteiger partial charge in [0.1, 0.15) is 13.2 Å². The number of fused-ring (bicyclic) bond motifs is 1. The van der Waals surface area contributed by atoms with E-state index in [4.69, 9.17) is 18.9 Å². The largest absolute Gasteiger partial charge is 0.493 e. The second kappa shape index (κ2) is 9.05. The minimum atomic E-state index is -1.10. The van der Waals surface area contributed by atoms with Crippen LogP contribution in [0.4, 0.5) is 14.5 Å². The van der Waals surface area contributed by atoms with E-state index >= 15 is 0 Å². The fraction of sp³-hybridized carbons (Fsp3) is 0.200. The number of carbonyl (C=O) groups excluding carboxylic acids is 2. The van der Waals surface area contributed by atoms with Crippen LogP contribution in [-0.2, 0) is 14.3 Å². The van der Waals surface area contributed by atoms with E-state index in [0.29, 0.717) is 36.0 Å². The van der Waals surface area contributed by atoms with E-state index in [1.807, 2.05) is 0 Å². The standard InChI is InChI=1S/C20H17F2NO6/c1-26-16-8-12(9-17-20(16)28-7-6-27-17)2-5-19(25)29-11-18(24)23-13-3-4-14(21)15(22)10-13/h2-5,8-10H,6-7,11H2,1H3,(H,23,24)/b5-2+. The van der Waals surface area contributed by atoms with Crippen molar-refractivity contribution >= 4 is 23.6 Å². The molecule has 1 aliphatic rings. The molecule has 0 aromatic heterocycles. The highest BCUT2D eigenvalue weighted by atomic mass is 19.2. The van der Waals surface area contributed by atoms with Crippen LogP contribution in [-0.4, -0.2) is 38.8 Å². The molecule has 1 aliphatic heterocycles. The summed E-state index contributed by atoms with van der Waals surface area (Å²) in [4.78, 5) is 23.6. The Morgan fingerprint density at radius 1 is 1.14 bits per heavy atom. The van der Waals surface area contributed by atoms with Crippen LogP contribution in [0.25, 0.3) is 6.08 Å². The van der Waals surface area contributed by atoms with Crippen molar-refractivity contribution in [1.82, 2.24) is 0 Å². The van der Waals surface area contributed by atoms with Crippen molar-refractivity contribution in [3.63, 3.8) is 0 Å². The van der Waals surface area contributed by atoms with Crippen molar-refractivity contribution in [2.75, 3.05) is 32.2 Å². The lowest BCUT2D eigenvalue weighted by atomic mass is 10.1. The van der Waals surface area contributed by atoms with E-state index < -0.39 is 30.1 Å². The Labute approximate surface area is 164 Å². The molecule has 0 spiro atoms. The van der Waals surface area contributed by atoms with Gasteiger partial charge in [-0.3, -0.25) is 4.79 Å². The van der Waals surface area contributed by atoms with Crippen LogP contribution < -0.4 is 19.5 Å². The fourth-order valence-electron chi connectivity index (χ4n) is 2.51. The van der Waals surface area contributed by atoms with Gasteiger partial charge in [0, 0.05) is 17.8 Å². The van der Waals surface area contributed by atoms with Gasteiger partial charge in [-0.05, 0) is 35.9 Å². The van der Waals surface area contributed by atoms with Gasteiger partial charge in [-0.25, -0.2) is 13.6 Å². The van der Waals surface area contributed by atoms with Gasteiger partial charge in [0.15, 0.2) is 29.7 Å². The Hall–Kier alpha value is -3.62. The number of methoxy groups -OCH3 is 1. The maximum atomic E-state index is 13.1. The zero-order valence-electron chi connectivity index (χ0n) is 15.4. The lowest BCUT2D eigenvalue weighted by Crippen LogP contribution is -2.20. The number of nitrogens with one attached hydrogen (secondary N) is 1. The first kappa shape index (κ1) is 20.1. The summed E-state index contributed by atoms with van der Waals surface area (Å²) in [5, 5.41) is 2.29. The predicted molar refractivity (Wildman–Crippen MR) is 99.0 cm³/mol. The molecule has 1 heterocycles. The molecule has 2 aromatic carbocycles. The van der Waals surface area contributed by atoms with E-state index in [-0.39, 0.29) is 5.69 Å².